The molecule has 0 saturated heterocycles. The molecule has 5 heteroatoms. The molecule has 2 aromatic heterocycles. The Balaban J connectivity index is 2.13. The Morgan fingerprint density at radius 3 is 2.76 bits per heavy atom. The van der Waals surface area contributed by atoms with Gasteiger partial charge in [0.25, 0.3) is 0 Å². The Kier molecular flexibility index (Phi) is 3.49. The average molecular weight is 232 g/mol. The van der Waals surface area contributed by atoms with Gasteiger partial charge >= 0.3 is 0 Å². The molecular weight excluding hydrogens is 216 g/mol. The number of rotatable bonds is 4. The quantitative estimate of drug-likeness (QED) is 0.868. The largest absolute Gasteiger partial charge is 0.386 e. The van der Waals surface area contributed by atoms with Crippen molar-refractivity contribution in [2.24, 2.45) is 0 Å². The lowest BCUT2D eigenvalue weighted by Gasteiger charge is -2.12. The minimum absolute atomic E-state index is 0.239. The van der Waals surface area contributed by atoms with Gasteiger partial charge in [0.2, 0.25) is 0 Å². The summed E-state index contributed by atoms with van der Waals surface area (Å²) in [6, 6.07) is 5.73. The smallest absolute Gasteiger partial charge is 0.138 e. The fourth-order valence-electron chi connectivity index (χ4n) is 1.70. The Hall–Kier alpha value is -1.75. The molecule has 1 atom stereocenters. The zero-order valence-electron chi connectivity index (χ0n) is 9.98. The summed E-state index contributed by atoms with van der Waals surface area (Å²) in [5.74, 6) is 0.776. The van der Waals surface area contributed by atoms with Crippen molar-refractivity contribution < 1.29 is 5.11 Å². The maximum absolute atomic E-state index is 10.1. The lowest BCUT2D eigenvalue weighted by molar-refractivity contribution is 0.168. The van der Waals surface area contributed by atoms with Crippen molar-refractivity contribution in [1.82, 2.24) is 19.7 Å². The number of nitrogens with zero attached hydrogens (tertiary/aromatic N) is 4. The van der Waals surface area contributed by atoms with Gasteiger partial charge < -0.3 is 5.11 Å². The van der Waals surface area contributed by atoms with E-state index in [4.69, 9.17) is 0 Å². The van der Waals surface area contributed by atoms with Crippen LogP contribution in [0.5, 0.6) is 0 Å². The van der Waals surface area contributed by atoms with Gasteiger partial charge in [-0.3, -0.25) is 4.98 Å². The summed E-state index contributed by atoms with van der Waals surface area (Å²) in [6.45, 7) is 4.07. The highest BCUT2D eigenvalue weighted by Gasteiger charge is 2.15. The first-order chi connectivity index (χ1) is 8.18. The topological polar surface area (TPSA) is 63.8 Å². The van der Waals surface area contributed by atoms with Crippen LogP contribution in [0.1, 0.15) is 37.5 Å². The number of aliphatic hydroxyl groups excluding tert-OH is 1. The van der Waals surface area contributed by atoms with Gasteiger partial charge in [-0.15, -0.1) is 0 Å². The van der Waals surface area contributed by atoms with Crippen LogP contribution in [0.2, 0.25) is 0 Å². The van der Waals surface area contributed by atoms with Crippen LogP contribution in [0.15, 0.2) is 30.7 Å². The van der Waals surface area contributed by atoms with Crippen LogP contribution in [0.4, 0.5) is 0 Å². The summed E-state index contributed by atoms with van der Waals surface area (Å²) < 4.78 is 1.81. The number of hydrogen-bond acceptors (Lipinski definition) is 4. The van der Waals surface area contributed by atoms with Crippen molar-refractivity contribution in [2.45, 2.75) is 32.4 Å². The third kappa shape index (κ3) is 2.68. The molecule has 0 radical (unpaired) electrons. The Morgan fingerprint density at radius 1 is 1.29 bits per heavy atom. The molecule has 2 heterocycles. The molecule has 0 aliphatic heterocycles. The van der Waals surface area contributed by atoms with E-state index in [1.165, 1.54) is 6.33 Å². The summed E-state index contributed by atoms with van der Waals surface area (Å²) in [4.78, 5) is 8.29. The zero-order valence-corrected chi connectivity index (χ0v) is 9.98. The zero-order chi connectivity index (χ0) is 12.3. The highest BCUT2D eigenvalue weighted by atomic mass is 16.3. The summed E-state index contributed by atoms with van der Waals surface area (Å²) in [5, 5.41) is 14.2. The predicted octanol–water partition coefficient (Wildman–Crippen LogP) is 1.53. The molecule has 0 bridgehead atoms. The van der Waals surface area contributed by atoms with Crippen molar-refractivity contribution in [3.8, 4) is 0 Å². The number of pyridine rings is 1. The van der Waals surface area contributed by atoms with Crippen molar-refractivity contribution >= 4 is 0 Å². The number of hydrogen-bond donors (Lipinski definition) is 1. The molecule has 0 fully saturated rings. The van der Waals surface area contributed by atoms with Crippen molar-refractivity contribution in [3.05, 3.63) is 42.2 Å². The van der Waals surface area contributed by atoms with E-state index < -0.39 is 6.10 Å². The highest BCUT2D eigenvalue weighted by molar-refractivity contribution is 5.08. The predicted molar refractivity (Wildman–Crippen MR) is 63.3 cm³/mol. The molecule has 0 saturated carbocycles. The molecule has 0 aromatic carbocycles. The number of aromatic nitrogens is 4. The first-order valence-corrected chi connectivity index (χ1v) is 5.66. The van der Waals surface area contributed by atoms with Gasteiger partial charge in [-0.1, -0.05) is 6.07 Å². The molecule has 0 amide bonds. The van der Waals surface area contributed by atoms with Crippen molar-refractivity contribution in [1.29, 1.82) is 0 Å². The van der Waals surface area contributed by atoms with Crippen molar-refractivity contribution in [2.75, 3.05) is 0 Å². The summed E-state index contributed by atoms with van der Waals surface area (Å²) >= 11 is 0. The normalized spacial score (nSPS) is 12.9. The number of aliphatic hydroxyl groups is 1. The Bertz CT molecular complexity index is 466. The molecule has 0 aliphatic carbocycles. The summed E-state index contributed by atoms with van der Waals surface area (Å²) in [7, 11) is 0. The van der Waals surface area contributed by atoms with Gasteiger partial charge in [-0.2, -0.15) is 5.10 Å². The van der Waals surface area contributed by atoms with Gasteiger partial charge in [-0.05, 0) is 26.0 Å². The average Bonchev–Trinajstić information content (AvgIpc) is 2.78. The minimum Gasteiger partial charge on any atom is -0.386 e. The Morgan fingerprint density at radius 2 is 2.12 bits per heavy atom. The highest BCUT2D eigenvalue weighted by Crippen LogP contribution is 2.16. The van der Waals surface area contributed by atoms with Gasteiger partial charge in [-0.25, -0.2) is 9.67 Å². The van der Waals surface area contributed by atoms with Crippen LogP contribution in [0, 0.1) is 0 Å². The molecule has 0 aliphatic rings. The molecule has 2 aromatic rings. The van der Waals surface area contributed by atoms with E-state index in [2.05, 4.69) is 15.1 Å². The molecule has 1 N–H and O–H groups in total. The third-order valence-corrected chi connectivity index (χ3v) is 2.54. The van der Waals surface area contributed by atoms with E-state index in [0.29, 0.717) is 12.1 Å². The van der Waals surface area contributed by atoms with Gasteiger partial charge in [0.15, 0.2) is 0 Å². The second kappa shape index (κ2) is 5.05. The van der Waals surface area contributed by atoms with Gasteiger partial charge in [0.1, 0.15) is 18.3 Å². The molecule has 2 rings (SSSR count). The first-order valence-electron chi connectivity index (χ1n) is 5.66. The molecule has 1 unspecified atom stereocenters. The fourth-order valence-corrected chi connectivity index (χ4v) is 1.70. The van der Waals surface area contributed by atoms with Gasteiger partial charge in [0, 0.05) is 18.7 Å². The molecule has 90 valence electrons. The molecule has 5 nitrogen and oxygen atoms in total. The van der Waals surface area contributed by atoms with E-state index in [1.54, 1.807) is 12.3 Å². The van der Waals surface area contributed by atoms with E-state index in [1.807, 2.05) is 30.7 Å². The van der Waals surface area contributed by atoms with E-state index in [0.717, 1.165) is 5.82 Å². The van der Waals surface area contributed by atoms with Crippen LogP contribution < -0.4 is 0 Å². The SMILES string of the molecule is CC(C)n1ncnc1CC(O)c1ccccn1. The fraction of sp³-hybridized carbons (Fsp3) is 0.417. The lowest BCUT2D eigenvalue weighted by atomic mass is 10.1. The lowest BCUT2D eigenvalue weighted by Crippen LogP contribution is -2.12. The maximum Gasteiger partial charge on any atom is 0.138 e. The molecular formula is C12H16N4O. The molecule has 17 heavy (non-hydrogen) atoms. The first kappa shape index (κ1) is 11.7. The van der Waals surface area contributed by atoms with E-state index in [9.17, 15) is 5.11 Å². The van der Waals surface area contributed by atoms with Crippen LogP contribution in [0.25, 0.3) is 0 Å². The summed E-state index contributed by atoms with van der Waals surface area (Å²) in [5.41, 5.74) is 0.658. The van der Waals surface area contributed by atoms with Crippen molar-refractivity contribution in [3.63, 3.8) is 0 Å². The van der Waals surface area contributed by atoms with E-state index in [-0.39, 0.29) is 6.04 Å². The summed E-state index contributed by atoms with van der Waals surface area (Å²) in [6.07, 6.45) is 2.97. The van der Waals surface area contributed by atoms with Crippen LogP contribution in [-0.2, 0) is 6.42 Å². The van der Waals surface area contributed by atoms with Gasteiger partial charge in [0.05, 0.1) is 5.69 Å². The van der Waals surface area contributed by atoms with Crippen LogP contribution in [-0.4, -0.2) is 24.9 Å². The molecule has 0 spiro atoms. The maximum atomic E-state index is 10.1. The van der Waals surface area contributed by atoms with Crippen LogP contribution in [0.3, 0.4) is 0 Å². The third-order valence-electron chi connectivity index (χ3n) is 2.54. The second-order valence-corrected chi connectivity index (χ2v) is 4.19. The Labute approximate surface area is 100 Å². The van der Waals surface area contributed by atoms with Crippen LogP contribution >= 0.6 is 0 Å². The standard InChI is InChI=1S/C12H16N4O/c1-9(2)16-12(14-8-15-16)7-11(17)10-5-3-4-6-13-10/h3-6,8-9,11,17H,7H2,1-2H3. The second-order valence-electron chi connectivity index (χ2n) is 4.19. The monoisotopic (exact) mass is 232 g/mol. The van der Waals surface area contributed by atoms with E-state index >= 15 is 0 Å². The minimum atomic E-state index is -0.641.